The Morgan fingerprint density at radius 2 is 1.52 bits per heavy atom. The van der Waals surface area contributed by atoms with E-state index in [-0.39, 0.29) is 5.56 Å². The van der Waals surface area contributed by atoms with Gasteiger partial charge in [-0.25, -0.2) is 13.2 Å². The Morgan fingerprint density at radius 1 is 0.857 bits per heavy atom. The number of halogens is 4. The topological polar surface area (TPSA) is 30.2 Å². The first kappa shape index (κ1) is 13.4. The summed E-state index contributed by atoms with van der Waals surface area (Å²) < 4.78 is 59.0. The fourth-order valence-electron chi connectivity index (χ4n) is 2.01. The van der Waals surface area contributed by atoms with Crippen LogP contribution >= 0.6 is 0 Å². The first-order valence-corrected chi connectivity index (χ1v) is 5.86. The van der Waals surface area contributed by atoms with Gasteiger partial charge < -0.3 is 4.42 Å². The molecule has 0 amide bonds. The first-order chi connectivity index (χ1) is 10.0. The minimum atomic E-state index is -1.85. The predicted molar refractivity (Wildman–Crippen MR) is 67.8 cm³/mol. The van der Waals surface area contributed by atoms with E-state index in [4.69, 9.17) is 4.42 Å². The van der Waals surface area contributed by atoms with Gasteiger partial charge in [0.2, 0.25) is 11.2 Å². The molecular weight excluding hydrogens is 288 g/mol. The van der Waals surface area contributed by atoms with Crippen LogP contribution in [0.2, 0.25) is 0 Å². The minimum absolute atomic E-state index is 0.221. The average molecular weight is 294 g/mol. The van der Waals surface area contributed by atoms with Crippen molar-refractivity contribution in [3.8, 4) is 11.3 Å². The van der Waals surface area contributed by atoms with E-state index in [9.17, 15) is 22.4 Å². The number of hydrogen-bond acceptors (Lipinski definition) is 2. The number of fused-ring (bicyclic) bond motifs is 1. The van der Waals surface area contributed by atoms with Gasteiger partial charge in [-0.2, -0.15) is 4.39 Å². The van der Waals surface area contributed by atoms with E-state index in [1.807, 2.05) is 0 Å². The Hall–Kier alpha value is -2.63. The average Bonchev–Trinajstić information content (AvgIpc) is 2.49. The molecule has 3 rings (SSSR count). The first-order valence-electron chi connectivity index (χ1n) is 5.86. The molecule has 6 heteroatoms. The van der Waals surface area contributed by atoms with Gasteiger partial charge in [-0.3, -0.25) is 4.79 Å². The predicted octanol–water partition coefficient (Wildman–Crippen LogP) is 4.02. The molecule has 1 aromatic heterocycles. The molecule has 2 aromatic carbocycles. The molecule has 1 heterocycles. The van der Waals surface area contributed by atoms with Crippen molar-refractivity contribution >= 4 is 11.0 Å². The molecule has 0 aliphatic carbocycles. The molecule has 2 nitrogen and oxygen atoms in total. The van der Waals surface area contributed by atoms with Crippen LogP contribution in [-0.4, -0.2) is 0 Å². The SMILES string of the molecule is O=c1c(F)c(-c2ccccc2)oc2cc(F)c(F)c(F)c12. The summed E-state index contributed by atoms with van der Waals surface area (Å²) >= 11 is 0. The fourth-order valence-corrected chi connectivity index (χ4v) is 2.01. The highest BCUT2D eigenvalue weighted by molar-refractivity contribution is 5.79. The molecule has 0 atom stereocenters. The van der Waals surface area contributed by atoms with Gasteiger partial charge in [0, 0.05) is 11.6 Å². The summed E-state index contributed by atoms with van der Waals surface area (Å²) in [6.07, 6.45) is 0. The van der Waals surface area contributed by atoms with Gasteiger partial charge in [-0.1, -0.05) is 30.3 Å². The van der Waals surface area contributed by atoms with Gasteiger partial charge in [0.1, 0.15) is 11.0 Å². The van der Waals surface area contributed by atoms with E-state index >= 15 is 0 Å². The second kappa shape index (κ2) is 4.73. The van der Waals surface area contributed by atoms with Crippen molar-refractivity contribution in [3.05, 3.63) is 69.9 Å². The summed E-state index contributed by atoms with van der Waals surface area (Å²) in [5.41, 5.74) is -1.72. The second-order valence-electron chi connectivity index (χ2n) is 4.30. The van der Waals surface area contributed by atoms with Crippen molar-refractivity contribution in [2.75, 3.05) is 0 Å². The lowest BCUT2D eigenvalue weighted by Crippen LogP contribution is -2.12. The van der Waals surface area contributed by atoms with Crippen LogP contribution in [0.25, 0.3) is 22.3 Å². The highest BCUT2D eigenvalue weighted by Gasteiger charge is 2.22. The lowest BCUT2D eigenvalue weighted by atomic mass is 10.1. The largest absolute Gasteiger partial charge is 0.452 e. The molecule has 0 saturated heterocycles. The zero-order valence-corrected chi connectivity index (χ0v) is 10.3. The van der Waals surface area contributed by atoms with Gasteiger partial charge in [0.25, 0.3) is 0 Å². The van der Waals surface area contributed by atoms with Gasteiger partial charge in [-0.15, -0.1) is 0 Å². The van der Waals surface area contributed by atoms with Gasteiger partial charge >= 0.3 is 0 Å². The molecular formula is C15H6F4O2. The number of rotatable bonds is 1. The summed E-state index contributed by atoms with van der Waals surface area (Å²) in [5, 5.41) is -0.953. The Labute approximate surface area is 115 Å². The molecule has 0 spiro atoms. The maximum atomic E-state index is 14.0. The zero-order chi connectivity index (χ0) is 15.1. The van der Waals surface area contributed by atoms with E-state index in [1.54, 1.807) is 18.2 Å². The lowest BCUT2D eigenvalue weighted by Gasteiger charge is -2.06. The van der Waals surface area contributed by atoms with E-state index in [2.05, 4.69) is 0 Å². The zero-order valence-electron chi connectivity index (χ0n) is 10.3. The van der Waals surface area contributed by atoms with Crippen LogP contribution in [0, 0.1) is 23.3 Å². The maximum Gasteiger partial charge on any atom is 0.232 e. The molecule has 0 bridgehead atoms. The Balaban J connectivity index is 2.44. The Morgan fingerprint density at radius 3 is 2.19 bits per heavy atom. The second-order valence-corrected chi connectivity index (χ2v) is 4.30. The van der Waals surface area contributed by atoms with E-state index in [0.29, 0.717) is 6.07 Å². The van der Waals surface area contributed by atoms with Crippen LogP contribution in [0.4, 0.5) is 17.6 Å². The summed E-state index contributed by atoms with van der Waals surface area (Å²) in [5.74, 6) is -6.95. The molecule has 0 saturated carbocycles. The molecule has 21 heavy (non-hydrogen) atoms. The molecule has 0 fully saturated rings. The summed E-state index contributed by atoms with van der Waals surface area (Å²) in [7, 11) is 0. The van der Waals surface area contributed by atoms with E-state index < -0.39 is 45.4 Å². The van der Waals surface area contributed by atoms with Crippen LogP contribution < -0.4 is 5.43 Å². The fraction of sp³-hybridized carbons (Fsp3) is 0. The lowest BCUT2D eigenvalue weighted by molar-refractivity contribution is 0.447. The standard InChI is InChI=1S/C15H6F4O2/c16-8-6-9-10(12(18)11(8)17)14(20)13(19)15(21-9)7-4-2-1-3-5-7/h1-6H. The van der Waals surface area contributed by atoms with Crippen LogP contribution in [-0.2, 0) is 0 Å². The third-order valence-electron chi connectivity index (χ3n) is 3.00. The molecule has 0 aliphatic heterocycles. The number of hydrogen-bond donors (Lipinski definition) is 0. The minimum Gasteiger partial charge on any atom is -0.452 e. The molecule has 3 aromatic rings. The van der Waals surface area contributed by atoms with Crippen LogP contribution in [0.5, 0.6) is 0 Å². The Kier molecular flexibility index (Phi) is 3.01. The van der Waals surface area contributed by atoms with Crippen molar-refractivity contribution in [2.24, 2.45) is 0 Å². The normalized spacial score (nSPS) is 11.0. The van der Waals surface area contributed by atoms with E-state index in [1.165, 1.54) is 12.1 Å². The molecule has 106 valence electrons. The van der Waals surface area contributed by atoms with Crippen molar-refractivity contribution < 1.29 is 22.0 Å². The van der Waals surface area contributed by atoms with Crippen molar-refractivity contribution in [1.29, 1.82) is 0 Å². The van der Waals surface area contributed by atoms with Crippen LogP contribution in [0.3, 0.4) is 0 Å². The van der Waals surface area contributed by atoms with Gasteiger partial charge in [-0.05, 0) is 0 Å². The van der Waals surface area contributed by atoms with Gasteiger partial charge in [0.05, 0.1) is 0 Å². The third kappa shape index (κ3) is 1.99. The van der Waals surface area contributed by atoms with Crippen molar-refractivity contribution in [2.45, 2.75) is 0 Å². The van der Waals surface area contributed by atoms with Gasteiger partial charge in [0.15, 0.2) is 23.2 Å². The highest BCUT2D eigenvalue weighted by Crippen LogP contribution is 2.27. The number of benzene rings is 2. The third-order valence-corrected chi connectivity index (χ3v) is 3.00. The highest BCUT2D eigenvalue weighted by atomic mass is 19.2. The van der Waals surface area contributed by atoms with E-state index in [0.717, 1.165) is 0 Å². The smallest absolute Gasteiger partial charge is 0.232 e. The molecule has 0 unspecified atom stereocenters. The monoisotopic (exact) mass is 294 g/mol. The van der Waals surface area contributed by atoms with Crippen molar-refractivity contribution in [1.82, 2.24) is 0 Å². The maximum absolute atomic E-state index is 14.0. The quantitative estimate of drug-likeness (QED) is 0.501. The Bertz CT molecular complexity index is 901. The molecule has 0 N–H and O–H groups in total. The van der Waals surface area contributed by atoms with Crippen molar-refractivity contribution in [3.63, 3.8) is 0 Å². The summed E-state index contributed by atoms with van der Waals surface area (Å²) in [4.78, 5) is 11.8. The van der Waals surface area contributed by atoms with Crippen LogP contribution in [0.1, 0.15) is 0 Å². The van der Waals surface area contributed by atoms with Crippen LogP contribution in [0.15, 0.2) is 45.6 Å². The summed E-state index contributed by atoms with van der Waals surface area (Å²) in [6.45, 7) is 0. The summed E-state index contributed by atoms with van der Waals surface area (Å²) in [6, 6.07) is 8.25. The molecule has 0 radical (unpaired) electrons. The molecule has 0 aliphatic rings.